The summed E-state index contributed by atoms with van der Waals surface area (Å²) in [6.45, 7) is 0. The predicted molar refractivity (Wildman–Crippen MR) is 43.4 cm³/mol. The third-order valence-corrected chi connectivity index (χ3v) is 1.29. The first-order valence-electron chi connectivity index (χ1n) is 3.30. The van der Waals surface area contributed by atoms with Crippen molar-refractivity contribution in [2.24, 2.45) is 10.2 Å². The fourth-order valence-electron chi connectivity index (χ4n) is 0.764. The van der Waals surface area contributed by atoms with Crippen molar-refractivity contribution < 1.29 is 4.74 Å². The van der Waals surface area contributed by atoms with E-state index < -0.39 is 0 Å². The second-order valence-electron chi connectivity index (χ2n) is 2.00. The summed E-state index contributed by atoms with van der Waals surface area (Å²) in [7, 11) is 3.28. The van der Waals surface area contributed by atoms with Gasteiger partial charge in [-0.2, -0.15) is 10.2 Å². The number of rotatable bonds is 2. The molecule has 0 aliphatic carbocycles. The Morgan fingerprint density at radius 1 is 1.18 bits per heavy atom. The zero-order valence-corrected chi connectivity index (χ0v) is 6.61. The van der Waals surface area contributed by atoms with Crippen LogP contribution in [0.4, 0.5) is 5.69 Å². The molecular formula is C8H10N2O. The summed E-state index contributed by atoms with van der Waals surface area (Å²) in [5.41, 5.74) is 0.841. The Kier molecular flexibility index (Phi) is 2.60. The molecule has 3 heteroatoms. The molecule has 58 valence electrons. The first-order valence-corrected chi connectivity index (χ1v) is 3.30. The Balaban J connectivity index is 2.82. The maximum absolute atomic E-state index is 4.98. The minimum Gasteiger partial charge on any atom is -0.497 e. The summed E-state index contributed by atoms with van der Waals surface area (Å²) in [5.74, 6) is 0.833. The molecule has 0 spiro atoms. The summed E-state index contributed by atoms with van der Waals surface area (Å²) in [5, 5.41) is 7.50. The molecule has 0 saturated heterocycles. The maximum atomic E-state index is 4.98. The van der Waals surface area contributed by atoms with Crippen LogP contribution in [0.5, 0.6) is 5.75 Å². The van der Waals surface area contributed by atoms with Gasteiger partial charge in [-0.25, -0.2) is 0 Å². The highest BCUT2D eigenvalue weighted by Gasteiger charge is 1.89. The second-order valence-corrected chi connectivity index (χ2v) is 2.00. The lowest BCUT2D eigenvalue weighted by Gasteiger charge is -1.97. The van der Waals surface area contributed by atoms with Crippen LogP contribution in [0.25, 0.3) is 0 Å². The van der Waals surface area contributed by atoms with Gasteiger partial charge in [-0.1, -0.05) is 0 Å². The van der Waals surface area contributed by atoms with Crippen molar-refractivity contribution in [3.8, 4) is 5.75 Å². The lowest BCUT2D eigenvalue weighted by atomic mass is 10.3. The average molecular weight is 150 g/mol. The first kappa shape index (κ1) is 7.72. The molecule has 1 aromatic carbocycles. The largest absolute Gasteiger partial charge is 0.497 e. The molecule has 0 radical (unpaired) electrons. The number of ether oxygens (including phenoxy) is 1. The van der Waals surface area contributed by atoms with Gasteiger partial charge in [0.05, 0.1) is 12.8 Å². The Morgan fingerprint density at radius 2 is 1.82 bits per heavy atom. The third kappa shape index (κ3) is 2.04. The Labute approximate surface area is 65.7 Å². The van der Waals surface area contributed by atoms with Crippen LogP contribution in [0, 0.1) is 0 Å². The molecule has 0 N–H and O–H groups in total. The van der Waals surface area contributed by atoms with Crippen molar-refractivity contribution >= 4 is 5.69 Å². The van der Waals surface area contributed by atoms with Crippen molar-refractivity contribution in [1.82, 2.24) is 0 Å². The quantitative estimate of drug-likeness (QED) is 0.596. The standard InChI is InChI=1S/C8H10N2O/c1-9-10-7-3-5-8(11-2)6-4-7/h3-6H,1-2H3/b10-9+. The van der Waals surface area contributed by atoms with E-state index in [9.17, 15) is 0 Å². The van der Waals surface area contributed by atoms with Crippen LogP contribution in [-0.2, 0) is 0 Å². The van der Waals surface area contributed by atoms with Crippen molar-refractivity contribution in [3.05, 3.63) is 24.3 Å². The van der Waals surface area contributed by atoms with Crippen molar-refractivity contribution in [2.75, 3.05) is 14.2 Å². The number of azo groups is 1. The van der Waals surface area contributed by atoms with Gasteiger partial charge in [0.15, 0.2) is 0 Å². The normalized spacial score (nSPS) is 10.4. The van der Waals surface area contributed by atoms with E-state index in [1.54, 1.807) is 14.2 Å². The van der Waals surface area contributed by atoms with E-state index in [1.807, 2.05) is 24.3 Å². The molecule has 0 saturated carbocycles. The summed E-state index contributed by atoms with van der Waals surface area (Å²) < 4.78 is 4.98. The fraction of sp³-hybridized carbons (Fsp3) is 0.250. The number of hydrogen-bond donors (Lipinski definition) is 0. The van der Waals surface area contributed by atoms with E-state index >= 15 is 0 Å². The molecule has 1 rings (SSSR count). The van der Waals surface area contributed by atoms with Crippen molar-refractivity contribution in [3.63, 3.8) is 0 Å². The Bertz CT molecular complexity index is 241. The van der Waals surface area contributed by atoms with Gasteiger partial charge in [0.1, 0.15) is 5.75 Å². The van der Waals surface area contributed by atoms with Crippen LogP contribution in [-0.4, -0.2) is 14.2 Å². The minimum atomic E-state index is 0.833. The molecular weight excluding hydrogens is 140 g/mol. The van der Waals surface area contributed by atoms with Crippen molar-refractivity contribution in [2.45, 2.75) is 0 Å². The number of hydrogen-bond acceptors (Lipinski definition) is 3. The molecule has 0 aliphatic rings. The molecule has 0 aromatic heterocycles. The molecule has 0 heterocycles. The minimum absolute atomic E-state index is 0.833. The molecule has 0 atom stereocenters. The monoisotopic (exact) mass is 150 g/mol. The molecule has 3 nitrogen and oxygen atoms in total. The zero-order valence-electron chi connectivity index (χ0n) is 6.61. The van der Waals surface area contributed by atoms with Gasteiger partial charge in [-0.3, -0.25) is 0 Å². The number of nitrogens with zero attached hydrogens (tertiary/aromatic N) is 2. The van der Waals surface area contributed by atoms with Gasteiger partial charge in [0, 0.05) is 7.05 Å². The highest BCUT2D eigenvalue weighted by molar-refractivity contribution is 5.40. The third-order valence-electron chi connectivity index (χ3n) is 1.29. The Morgan fingerprint density at radius 3 is 2.27 bits per heavy atom. The summed E-state index contributed by atoms with van der Waals surface area (Å²) in [6.07, 6.45) is 0. The highest BCUT2D eigenvalue weighted by Crippen LogP contribution is 2.17. The van der Waals surface area contributed by atoms with Crippen LogP contribution in [0.2, 0.25) is 0 Å². The van der Waals surface area contributed by atoms with E-state index in [0.717, 1.165) is 11.4 Å². The van der Waals surface area contributed by atoms with Crippen LogP contribution in [0.1, 0.15) is 0 Å². The molecule has 1 aromatic rings. The molecule has 0 amide bonds. The number of benzene rings is 1. The van der Waals surface area contributed by atoms with E-state index in [1.165, 1.54) is 0 Å². The highest BCUT2D eigenvalue weighted by atomic mass is 16.5. The van der Waals surface area contributed by atoms with Gasteiger partial charge in [-0.05, 0) is 24.3 Å². The predicted octanol–water partition coefficient (Wildman–Crippen LogP) is 2.41. The van der Waals surface area contributed by atoms with Gasteiger partial charge in [0.2, 0.25) is 0 Å². The van der Waals surface area contributed by atoms with Gasteiger partial charge in [-0.15, -0.1) is 0 Å². The zero-order chi connectivity index (χ0) is 8.10. The fourth-order valence-corrected chi connectivity index (χ4v) is 0.764. The van der Waals surface area contributed by atoms with Gasteiger partial charge < -0.3 is 4.74 Å². The van der Waals surface area contributed by atoms with Gasteiger partial charge >= 0.3 is 0 Å². The SMILES string of the molecule is C/N=N/c1ccc(OC)cc1. The van der Waals surface area contributed by atoms with E-state index in [4.69, 9.17) is 4.74 Å². The summed E-state index contributed by atoms with van der Waals surface area (Å²) in [6, 6.07) is 7.41. The molecule has 0 bridgehead atoms. The molecule has 0 aliphatic heterocycles. The van der Waals surface area contributed by atoms with E-state index in [0.29, 0.717) is 0 Å². The van der Waals surface area contributed by atoms with E-state index in [2.05, 4.69) is 10.2 Å². The Hall–Kier alpha value is -1.38. The average Bonchev–Trinajstić information content (AvgIpc) is 2.07. The maximum Gasteiger partial charge on any atom is 0.119 e. The number of methoxy groups -OCH3 is 1. The van der Waals surface area contributed by atoms with E-state index in [-0.39, 0.29) is 0 Å². The molecule has 0 unspecified atom stereocenters. The topological polar surface area (TPSA) is 34.0 Å². The second kappa shape index (κ2) is 3.71. The van der Waals surface area contributed by atoms with Crippen LogP contribution >= 0.6 is 0 Å². The van der Waals surface area contributed by atoms with Crippen LogP contribution in [0.3, 0.4) is 0 Å². The van der Waals surface area contributed by atoms with Gasteiger partial charge in [0.25, 0.3) is 0 Å². The molecule has 0 fully saturated rings. The van der Waals surface area contributed by atoms with Crippen LogP contribution in [0.15, 0.2) is 34.5 Å². The summed E-state index contributed by atoms with van der Waals surface area (Å²) >= 11 is 0. The lowest BCUT2D eigenvalue weighted by Crippen LogP contribution is -1.79. The van der Waals surface area contributed by atoms with Crippen LogP contribution < -0.4 is 4.74 Å². The molecule has 11 heavy (non-hydrogen) atoms. The smallest absolute Gasteiger partial charge is 0.119 e. The lowest BCUT2D eigenvalue weighted by molar-refractivity contribution is 0.415. The summed E-state index contributed by atoms with van der Waals surface area (Å²) in [4.78, 5) is 0. The first-order chi connectivity index (χ1) is 5.36. The van der Waals surface area contributed by atoms with Crippen molar-refractivity contribution in [1.29, 1.82) is 0 Å².